The molecule has 0 bridgehead atoms. The van der Waals surface area contributed by atoms with Gasteiger partial charge in [-0.15, -0.1) is 23.4 Å². The van der Waals surface area contributed by atoms with Crippen molar-refractivity contribution in [2.24, 2.45) is 5.92 Å². The van der Waals surface area contributed by atoms with Gasteiger partial charge in [0.1, 0.15) is 17.1 Å². The first-order valence-electron chi connectivity index (χ1n) is 15.2. The zero-order chi connectivity index (χ0) is 33.2. The molecule has 3 aromatic rings. The summed E-state index contributed by atoms with van der Waals surface area (Å²) in [6.45, 7) is 7.78. The van der Waals surface area contributed by atoms with Crippen molar-refractivity contribution in [1.82, 2.24) is 25.1 Å². The smallest absolute Gasteiger partial charge is 0.494 e. The summed E-state index contributed by atoms with van der Waals surface area (Å²) in [5.41, 5.74) is -0.351. The lowest BCUT2D eigenvalue weighted by Crippen LogP contribution is -2.56. The van der Waals surface area contributed by atoms with E-state index in [1.165, 1.54) is 54.0 Å². The molecule has 0 atom stereocenters. The van der Waals surface area contributed by atoms with Gasteiger partial charge in [0, 0.05) is 31.6 Å². The van der Waals surface area contributed by atoms with Gasteiger partial charge in [-0.2, -0.15) is 4.80 Å². The van der Waals surface area contributed by atoms with E-state index in [4.69, 9.17) is 9.47 Å². The predicted octanol–water partition coefficient (Wildman–Crippen LogP) is 5.07. The molecule has 11 nitrogen and oxygen atoms in total. The van der Waals surface area contributed by atoms with Crippen molar-refractivity contribution in [3.05, 3.63) is 48.5 Å². The third kappa shape index (κ3) is 8.35. The van der Waals surface area contributed by atoms with Crippen molar-refractivity contribution in [2.45, 2.75) is 81.0 Å². The lowest BCUT2D eigenvalue weighted by Gasteiger charge is -2.40. The summed E-state index contributed by atoms with van der Waals surface area (Å²) in [4.78, 5) is 17.1. The molecule has 1 aliphatic heterocycles. The van der Waals surface area contributed by atoms with Crippen LogP contribution < -0.4 is 9.47 Å². The fourth-order valence-electron chi connectivity index (χ4n) is 5.31. The quantitative estimate of drug-likeness (QED) is 0.191. The number of sulfone groups is 1. The van der Waals surface area contributed by atoms with Crippen LogP contribution in [0.1, 0.15) is 52.9 Å². The minimum atomic E-state index is -4.78. The second kappa shape index (κ2) is 13.2. The van der Waals surface area contributed by atoms with Crippen molar-refractivity contribution < 1.29 is 40.6 Å². The summed E-state index contributed by atoms with van der Waals surface area (Å²) in [5, 5.41) is 12.2. The first-order valence-corrected chi connectivity index (χ1v) is 16.7. The topological polar surface area (TPSA) is 126 Å². The van der Waals surface area contributed by atoms with Gasteiger partial charge in [0.2, 0.25) is 5.82 Å². The number of aromatic nitrogens is 4. The van der Waals surface area contributed by atoms with E-state index in [1.54, 1.807) is 32.9 Å². The summed E-state index contributed by atoms with van der Waals surface area (Å²) >= 11 is 0. The highest BCUT2D eigenvalue weighted by atomic mass is 32.2. The molecule has 250 valence electrons. The minimum absolute atomic E-state index is 0.0405. The van der Waals surface area contributed by atoms with E-state index in [-0.39, 0.29) is 35.9 Å². The van der Waals surface area contributed by atoms with Crippen LogP contribution in [0, 0.1) is 5.92 Å². The number of aryl methyl sites for hydroxylation is 1. The molecule has 2 aliphatic rings. The molecule has 0 radical (unpaired) electrons. The lowest BCUT2D eigenvalue weighted by molar-refractivity contribution is -0.274. The van der Waals surface area contributed by atoms with Crippen molar-refractivity contribution in [2.75, 3.05) is 26.2 Å². The summed E-state index contributed by atoms with van der Waals surface area (Å²) in [7, 11) is -4.08. The summed E-state index contributed by atoms with van der Waals surface area (Å²) in [6, 6.07) is 11.2. The number of halogens is 3. The van der Waals surface area contributed by atoms with E-state index >= 15 is 0 Å². The molecule has 1 aromatic heterocycles. The molecule has 0 N–H and O–H groups in total. The largest absolute Gasteiger partial charge is 0.573 e. The van der Waals surface area contributed by atoms with Gasteiger partial charge in [0.15, 0.2) is 14.6 Å². The molecule has 0 unspecified atom stereocenters. The third-order valence-corrected chi connectivity index (χ3v) is 10.4. The van der Waals surface area contributed by atoms with Crippen molar-refractivity contribution in [1.29, 1.82) is 0 Å². The number of carbonyl (C=O) groups is 1. The van der Waals surface area contributed by atoms with Crippen LogP contribution in [0.2, 0.25) is 0 Å². The Morgan fingerprint density at radius 3 is 2.20 bits per heavy atom. The third-order valence-electron chi connectivity index (χ3n) is 7.87. The Labute approximate surface area is 265 Å². The average Bonchev–Trinajstić information content (AvgIpc) is 3.67. The van der Waals surface area contributed by atoms with Gasteiger partial charge in [-0.1, -0.05) is 0 Å². The molecule has 1 aliphatic carbocycles. The van der Waals surface area contributed by atoms with Gasteiger partial charge in [-0.25, -0.2) is 8.42 Å². The molecule has 0 spiro atoms. The highest BCUT2D eigenvalue weighted by molar-refractivity contribution is 7.93. The molecule has 0 amide bonds. The number of rotatable bonds is 12. The van der Waals surface area contributed by atoms with Gasteiger partial charge >= 0.3 is 12.3 Å². The number of piperidine rings is 1. The van der Waals surface area contributed by atoms with Gasteiger partial charge in [-0.05, 0) is 106 Å². The monoisotopic (exact) mass is 665 g/mol. The molecule has 2 heterocycles. The number of carbonyl (C=O) groups excluding carboxylic acids is 1. The second-order valence-electron chi connectivity index (χ2n) is 12.7. The van der Waals surface area contributed by atoms with Gasteiger partial charge in [-0.3, -0.25) is 4.79 Å². The molecule has 5 rings (SSSR count). The molecule has 2 aromatic carbocycles. The number of ether oxygens (including phenoxy) is 3. The fraction of sp³-hybridized carbons (Fsp3) is 0.548. The van der Waals surface area contributed by atoms with Crippen LogP contribution in [0.5, 0.6) is 11.5 Å². The Bertz CT molecular complexity index is 1590. The number of alkyl halides is 3. The van der Waals surface area contributed by atoms with Crippen LogP contribution in [-0.4, -0.2) is 82.4 Å². The summed E-state index contributed by atoms with van der Waals surface area (Å²) in [5.74, 6) is 0.313. The normalized spacial score (nSPS) is 17.4. The van der Waals surface area contributed by atoms with E-state index < -0.39 is 32.5 Å². The Morgan fingerprint density at radius 2 is 1.61 bits per heavy atom. The zero-order valence-corrected chi connectivity index (χ0v) is 26.8. The predicted molar refractivity (Wildman–Crippen MR) is 161 cm³/mol. The molecule has 1 saturated carbocycles. The number of benzene rings is 2. The van der Waals surface area contributed by atoms with Crippen molar-refractivity contribution in [3.63, 3.8) is 0 Å². The summed E-state index contributed by atoms with van der Waals surface area (Å²) in [6.07, 6.45) is -1.54. The average molecular weight is 666 g/mol. The van der Waals surface area contributed by atoms with E-state index in [0.717, 1.165) is 6.54 Å². The maximum absolute atomic E-state index is 14.0. The highest BCUT2D eigenvalue weighted by Crippen LogP contribution is 2.40. The fourth-order valence-corrected chi connectivity index (χ4v) is 7.24. The van der Waals surface area contributed by atoms with Crippen LogP contribution in [0.4, 0.5) is 13.2 Å². The molecule has 15 heteroatoms. The number of esters is 1. The van der Waals surface area contributed by atoms with Crippen molar-refractivity contribution >= 4 is 15.8 Å². The van der Waals surface area contributed by atoms with Crippen LogP contribution in [0.25, 0.3) is 11.4 Å². The van der Waals surface area contributed by atoms with E-state index in [9.17, 15) is 26.4 Å². The number of nitrogens with zero attached hydrogens (tertiary/aromatic N) is 5. The van der Waals surface area contributed by atoms with Crippen molar-refractivity contribution in [3.8, 4) is 22.9 Å². The minimum Gasteiger partial charge on any atom is -0.494 e. The van der Waals surface area contributed by atoms with E-state index in [2.05, 4.69) is 25.0 Å². The van der Waals surface area contributed by atoms with Gasteiger partial charge in [0.25, 0.3) is 0 Å². The first-order chi connectivity index (χ1) is 21.6. The Hall–Kier alpha value is -3.72. The van der Waals surface area contributed by atoms with Crippen LogP contribution in [-0.2, 0) is 25.9 Å². The molecule has 46 heavy (non-hydrogen) atoms. The standard InChI is InChI=1S/C31H38F3N5O6S/c1-29(2,3)45-28(40)30(15-18-38(19-16-30)21-22-5-6-22)46(41,42)26-13-11-24(12-14-26)43-20-4-17-39-36-27(35-37-39)23-7-9-25(10-8-23)44-31(32,33)34/h7-14,22H,4-6,15-21H2,1-3H3. The van der Waals surface area contributed by atoms with E-state index in [1.807, 2.05) is 0 Å². The van der Waals surface area contributed by atoms with Crippen LogP contribution >= 0.6 is 0 Å². The maximum atomic E-state index is 14.0. The van der Waals surface area contributed by atoms with Crippen LogP contribution in [0.3, 0.4) is 0 Å². The van der Waals surface area contributed by atoms with E-state index in [0.29, 0.717) is 43.3 Å². The number of hydrogen-bond donors (Lipinski definition) is 0. The number of likely N-dealkylation sites (tertiary alicyclic amines) is 1. The number of hydrogen-bond acceptors (Lipinski definition) is 10. The lowest BCUT2D eigenvalue weighted by atomic mass is 9.95. The van der Waals surface area contributed by atoms with Gasteiger partial charge in [0.05, 0.1) is 18.0 Å². The second-order valence-corrected chi connectivity index (χ2v) is 15.0. The molecule has 2 fully saturated rings. The Morgan fingerprint density at radius 1 is 0.978 bits per heavy atom. The molecular weight excluding hydrogens is 627 g/mol. The summed E-state index contributed by atoms with van der Waals surface area (Å²) < 4.78 is 78.9. The SMILES string of the molecule is CC(C)(C)OC(=O)C1(S(=O)(=O)c2ccc(OCCCn3nnc(-c4ccc(OC(F)(F)F)cc4)n3)cc2)CCN(CC2CC2)CC1. The Kier molecular flexibility index (Phi) is 9.64. The Balaban J connectivity index is 1.16. The maximum Gasteiger partial charge on any atom is 0.573 e. The number of tetrazole rings is 1. The van der Waals surface area contributed by atoms with Crippen LogP contribution in [0.15, 0.2) is 53.4 Å². The highest BCUT2D eigenvalue weighted by Gasteiger charge is 2.55. The molecular formula is C31H38F3N5O6S. The molecule has 1 saturated heterocycles. The first kappa shape index (κ1) is 33.6. The van der Waals surface area contributed by atoms with Gasteiger partial charge < -0.3 is 19.1 Å². The zero-order valence-electron chi connectivity index (χ0n) is 26.0.